The summed E-state index contributed by atoms with van der Waals surface area (Å²) in [5, 5.41) is 13.5. The van der Waals surface area contributed by atoms with Gasteiger partial charge in [-0.05, 0) is 31.5 Å². The van der Waals surface area contributed by atoms with E-state index >= 15 is 0 Å². The van der Waals surface area contributed by atoms with E-state index in [1.165, 1.54) is 0 Å². The highest BCUT2D eigenvalue weighted by Gasteiger charge is 2.42. The van der Waals surface area contributed by atoms with Crippen LogP contribution >= 0.6 is 0 Å². The van der Waals surface area contributed by atoms with Gasteiger partial charge in [0.1, 0.15) is 5.69 Å². The maximum atomic E-state index is 12.7. The Balaban J connectivity index is 1.86. The monoisotopic (exact) mass is 299 g/mol. The number of aliphatic carboxylic acids is 1. The molecule has 6 nitrogen and oxygen atoms in total. The second-order valence-corrected chi connectivity index (χ2v) is 5.81. The second kappa shape index (κ2) is 5.29. The standard InChI is InChI=1S/C16H17N3O3/c1-16(15(21)22)8-10-18(11-16)14(20)13-7-9-17-19(13)12-5-3-2-4-6-12/h2-7,9H,8,10-11H2,1H3,(H,21,22). The third kappa shape index (κ3) is 2.36. The molecule has 1 amide bonds. The zero-order chi connectivity index (χ0) is 15.7. The molecule has 0 aliphatic carbocycles. The SMILES string of the molecule is CC1(C(=O)O)CCN(C(=O)c2ccnn2-c2ccccc2)C1. The fraction of sp³-hybridized carbons (Fsp3) is 0.312. The Morgan fingerprint density at radius 1 is 1.23 bits per heavy atom. The zero-order valence-corrected chi connectivity index (χ0v) is 12.3. The van der Waals surface area contributed by atoms with E-state index in [1.807, 2.05) is 30.3 Å². The molecule has 3 rings (SSSR count). The molecule has 1 aliphatic rings. The average molecular weight is 299 g/mol. The number of carbonyl (C=O) groups is 2. The normalized spacial score (nSPS) is 21.0. The fourth-order valence-corrected chi connectivity index (χ4v) is 2.71. The van der Waals surface area contributed by atoms with Gasteiger partial charge in [-0.1, -0.05) is 18.2 Å². The van der Waals surface area contributed by atoms with E-state index < -0.39 is 11.4 Å². The molecule has 2 heterocycles. The summed E-state index contributed by atoms with van der Waals surface area (Å²) in [6.45, 7) is 2.35. The summed E-state index contributed by atoms with van der Waals surface area (Å²) >= 11 is 0. The van der Waals surface area contributed by atoms with Gasteiger partial charge in [-0.25, -0.2) is 4.68 Å². The number of amides is 1. The topological polar surface area (TPSA) is 75.4 Å². The number of hydrogen-bond acceptors (Lipinski definition) is 3. The molecule has 6 heteroatoms. The van der Waals surface area contributed by atoms with Gasteiger partial charge < -0.3 is 10.0 Å². The highest BCUT2D eigenvalue weighted by molar-refractivity contribution is 5.94. The highest BCUT2D eigenvalue weighted by atomic mass is 16.4. The maximum Gasteiger partial charge on any atom is 0.311 e. The van der Waals surface area contributed by atoms with Crippen molar-refractivity contribution < 1.29 is 14.7 Å². The van der Waals surface area contributed by atoms with Gasteiger partial charge in [0.25, 0.3) is 5.91 Å². The first kappa shape index (κ1) is 14.3. The molecule has 1 aromatic heterocycles. The van der Waals surface area contributed by atoms with Crippen LogP contribution in [-0.2, 0) is 4.79 Å². The Morgan fingerprint density at radius 2 is 1.95 bits per heavy atom. The van der Waals surface area contributed by atoms with Gasteiger partial charge in [0.2, 0.25) is 0 Å². The van der Waals surface area contributed by atoms with Crippen LogP contribution in [0.2, 0.25) is 0 Å². The Labute approximate surface area is 128 Å². The van der Waals surface area contributed by atoms with Crippen molar-refractivity contribution in [3.8, 4) is 5.69 Å². The Kier molecular flexibility index (Phi) is 3.44. The number of para-hydroxylation sites is 1. The number of benzene rings is 1. The quantitative estimate of drug-likeness (QED) is 0.938. The molecule has 0 bridgehead atoms. The largest absolute Gasteiger partial charge is 0.481 e. The summed E-state index contributed by atoms with van der Waals surface area (Å²) in [5.74, 6) is -1.05. The Bertz CT molecular complexity index is 710. The van der Waals surface area contributed by atoms with Crippen LogP contribution in [-0.4, -0.2) is 44.8 Å². The van der Waals surface area contributed by atoms with Crippen LogP contribution in [0.3, 0.4) is 0 Å². The van der Waals surface area contributed by atoms with Crippen molar-refractivity contribution in [1.82, 2.24) is 14.7 Å². The lowest BCUT2D eigenvalue weighted by atomic mass is 9.90. The number of nitrogens with zero attached hydrogens (tertiary/aromatic N) is 3. The van der Waals surface area contributed by atoms with Crippen molar-refractivity contribution in [2.24, 2.45) is 5.41 Å². The van der Waals surface area contributed by atoms with Crippen molar-refractivity contribution in [2.75, 3.05) is 13.1 Å². The van der Waals surface area contributed by atoms with Crippen molar-refractivity contribution in [2.45, 2.75) is 13.3 Å². The fourth-order valence-electron chi connectivity index (χ4n) is 2.71. The summed E-state index contributed by atoms with van der Waals surface area (Å²) < 4.78 is 1.58. The first-order valence-corrected chi connectivity index (χ1v) is 7.13. The molecular weight excluding hydrogens is 282 g/mol. The number of carboxylic acid groups (broad SMARTS) is 1. The van der Waals surface area contributed by atoms with E-state index in [9.17, 15) is 14.7 Å². The predicted molar refractivity (Wildman–Crippen MR) is 79.8 cm³/mol. The van der Waals surface area contributed by atoms with E-state index in [1.54, 1.807) is 28.8 Å². The van der Waals surface area contributed by atoms with Crippen molar-refractivity contribution in [3.63, 3.8) is 0 Å². The van der Waals surface area contributed by atoms with Crippen LogP contribution in [0.15, 0.2) is 42.6 Å². The van der Waals surface area contributed by atoms with Gasteiger partial charge in [0.15, 0.2) is 0 Å². The lowest BCUT2D eigenvalue weighted by molar-refractivity contribution is -0.147. The molecule has 0 radical (unpaired) electrons. The van der Waals surface area contributed by atoms with E-state index in [0.717, 1.165) is 5.69 Å². The number of likely N-dealkylation sites (tertiary alicyclic amines) is 1. The summed E-state index contributed by atoms with van der Waals surface area (Å²) in [6, 6.07) is 11.1. The molecular formula is C16H17N3O3. The van der Waals surface area contributed by atoms with Gasteiger partial charge >= 0.3 is 5.97 Å². The van der Waals surface area contributed by atoms with Gasteiger partial charge in [0.05, 0.1) is 17.3 Å². The van der Waals surface area contributed by atoms with E-state index in [4.69, 9.17) is 0 Å². The minimum atomic E-state index is -0.868. The van der Waals surface area contributed by atoms with Crippen molar-refractivity contribution >= 4 is 11.9 Å². The third-order valence-electron chi connectivity index (χ3n) is 4.14. The van der Waals surface area contributed by atoms with Gasteiger partial charge in [-0.15, -0.1) is 0 Å². The van der Waals surface area contributed by atoms with Crippen molar-refractivity contribution in [1.29, 1.82) is 0 Å². The van der Waals surface area contributed by atoms with Crippen LogP contribution in [0, 0.1) is 5.41 Å². The predicted octanol–water partition coefficient (Wildman–Crippen LogP) is 1.81. The molecule has 1 fully saturated rings. The number of hydrogen-bond donors (Lipinski definition) is 1. The zero-order valence-electron chi connectivity index (χ0n) is 12.3. The van der Waals surface area contributed by atoms with Crippen LogP contribution in [0.1, 0.15) is 23.8 Å². The molecule has 1 saturated heterocycles. The summed E-state index contributed by atoms with van der Waals surface area (Å²) in [4.78, 5) is 25.6. The van der Waals surface area contributed by atoms with Crippen LogP contribution < -0.4 is 0 Å². The van der Waals surface area contributed by atoms with E-state index in [0.29, 0.717) is 18.7 Å². The first-order valence-electron chi connectivity index (χ1n) is 7.13. The summed E-state index contributed by atoms with van der Waals surface area (Å²) in [7, 11) is 0. The molecule has 0 spiro atoms. The second-order valence-electron chi connectivity index (χ2n) is 5.81. The molecule has 22 heavy (non-hydrogen) atoms. The smallest absolute Gasteiger partial charge is 0.311 e. The summed E-state index contributed by atoms with van der Waals surface area (Å²) in [5.41, 5.74) is 0.379. The first-order chi connectivity index (χ1) is 10.5. The third-order valence-corrected chi connectivity index (χ3v) is 4.14. The number of carbonyl (C=O) groups excluding carboxylic acids is 1. The molecule has 0 saturated carbocycles. The molecule has 2 aromatic rings. The molecule has 1 aliphatic heterocycles. The number of aromatic nitrogens is 2. The Hall–Kier alpha value is -2.63. The lowest BCUT2D eigenvalue weighted by Gasteiger charge is -2.20. The van der Waals surface area contributed by atoms with Crippen LogP contribution in [0.5, 0.6) is 0 Å². The lowest BCUT2D eigenvalue weighted by Crippen LogP contribution is -2.35. The van der Waals surface area contributed by atoms with E-state index in [-0.39, 0.29) is 12.5 Å². The maximum absolute atomic E-state index is 12.7. The van der Waals surface area contributed by atoms with Crippen LogP contribution in [0.4, 0.5) is 0 Å². The number of rotatable bonds is 3. The Morgan fingerprint density at radius 3 is 2.59 bits per heavy atom. The summed E-state index contributed by atoms with van der Waals surface area (Å²) in [6.07, 6.45) is 2.04. The van der Waals surface area contributed by atoms with Gasteiger partial charge in [-0.2, -0.15) is 5.10 Å². The molecule has 114 valence electrons. The van der Waals surface area contributed by atoms with E-state index in [2.05, 4.69) is 5.10 Å². The molecule has 1 atom stereocenters. The number of carboxylic acids is 1. The average Bonchev–Trinajstić information content (AvgIpc) is 3.15. The van der Waals surface area contributed by atoms with Gasteiger partial charge in [0, 0.05) is 13.1 Å². The minimum Gasteiger partial charge on any atom is -0.481 e. The highest BCUT2D eigenvalue weighted by Crippen LogP contribution is 2.31. The molecule has 1 unspecified atom stereocenters. The van der Waals surface area contributed by atoms with Gasteiger partial charge in [-0.3, -0.25) is 9.59 Å². The van der Waals surface area contributed by atoms with Crippen molar-refractivity contribution in [3.05, 3.63) is 48.3 Å². The minimum absolute atomic E-state index is 0.189. The van der Waals surface area contributed by atoms with Crippen LogP contribution in [0.25, 0.3) is 5.69 Å². The molecule has 1 N–H and O–H groups in total. The molecule has 1 aromatic carbocycles.